The molecule has 0 spiro atoms. The van der Waals surface area contributed by atoms with Crippen molar-refractivity contribution in [1.29, 1.82) is 0 Å². The lowest BCUT2D eigenvalue weighted by Crippen LogP contribution is -2.45. The van der Waals surface area contributed by atoms with Crippen LogP contribution in [0.15, 0.2) is 15.3 Å². The molecule has 142 valence electrons. The molecule has 8 heteroatoms. The number of aliphatic hydroxyl groups is 1. The van der Waals surface area contributed by atoms with Crippen molar-refractivity contribution in [2.45, 2.75) is 50.0 Å². The summed E-state index contributed by atoms with van der Waals surface area (Å²) in [5.74, 6) is 0.363. The lowest BCUT2D eigenvalue weighted by molar-refractivity contribution is 0.0178. The van der Waals surface area contributed by atoms with Crippen molar-refractivity contribution < 1.29 is 23.8 Å². The monoisotopic (exact) mass is 364 g/mol. The molecule has 0 radical (unpaired) electrons. The van der Waals surface area contributed by atoms with E-state index < -0.39 is 35.9 Å². The van der Waals surface area contributed by atoms with Gasteiger partial charge in [0.15, 0.2) is 0 Å². The van der Waals surface area contributed by atoms with Gasteiger partial charge in [-0.3, -0.25) is 4.79 Å². The molecule has 1 amide bonds. The van der Waals surface area contributed by atoms with Crippen LogP contribution in [0.4, 0.5) is 0 Å². The average molecular weight is 364 g/mol. The SMILES string of the molecule is Cc1cc(C2CCNCC2)oc(=O)c1C(=O)N[C@@H]1CO[C@H]2[C@@H]1OC[C@H]2O. The number of amides is 1. The molecule has 1 aromatic rings. The van der Waals surface area contributed by atoms with E-state index in [9.17, 15) is 14.7 Å². The summed E-state index contributed by atoms with van der Waals surface area (Å²) in [5, 5.41) is 15.9. The summed E-state index contributed by atoms with van der Waals surface area (Å²) in [4.78, 5) is 25.1. The Balaban J connectivity index is 1.50. The molecule has 0 aliphatic carbocycles. The van der Waals surface area contributed by atoms with Crippen LogP contribution in [0.1, 0.15) is 40.4 Å². The second-order valence-corrected chi connectivity index (χ2v) is 7.26. The molecule has 0 saturated carbocycles. The Labute approximate surface area is 150 Å². The maximum absolute atomic E-state index is 12.6. The molecule has 8 nitrogen and oxygen atoms in total. The Kier molecular flexibility index (Phi) is 4.83. The minimum absolute atomic E-state index is 0.0182. The third kappa shape index (κ3) is 3.18. The maximum atomic E-state index is 12.6. The number of carbonyl (C=O) groups is 1. The molecular weight excluding hydrogens is 340 g/mol. The molecule has 1 aromatic heterocycles. The lowest BCUT2D eigenvalue weighted by Gasteiger charge is -2.22. The van der Waals surface area contributed by atoms with E-state index >= 15 is 0 Å². The number of hydrogen-bond acceptors (Lipinski definition) is 7. The van der Waals surface area contributed by atoms with Gasteiger partial charge in [-0.15, -0.1) is 0 Å². The van der Waals surface area contributed by atoms with Crippen LogP contribution in [0.2, 0.25) is 0 Å². The molecule has 26 heavy (non-hydrogen) atoms. The number of piperidine rings is 1. The number of rotatable bonds is 3. The van der Waals surface area contributed by atoms with E-state index in [2.05, 4.69) is 10.6 Å². The fourth-order valence-electron chi connectivity index (χ4n) is 4.06. The van der Waals surface area contributed by atoms with Gasteiger partial charge < -0.3 is 29.6 Å². The predicted molar refractivity (Wildman–Crippen MR) is 91.3 cm³/mol. The second kappa shape index (κ2) is 7.11. The Morgan fingerprint density at radius 3 is 2.69 bits per heavy atom. The minimum atomic E-state index is -0.682. The van der Waals surface area contributed by atoms with Gasteiger partial charge in [0.2, 0.25) is 0 Å². The fraction of sp³-hybridized carbons (Fsp3) is 0.667. The Hall–Kier alpha value is -1.74. The average Bonchev–Trinajstić information content (AvgIpc) is 3.19. The fourth-order valence-corrected chi connectivity index (χ4v) is 4.06. The largest absolute Gasteiger partial charge is 0.427 e. The van der Waals surface area contributed by atoms with Gasteiger partial charge >= 0.3 is 5.63 Å². The van der Waals surface area contributed by atoms with Crippen molar-refractivity contribution in [3.8, 4) is 0 Å². The third-order valence-corrected chi connectivity index (χ3v) is 5.48. The summed E-state index contributed by atoms with van der Waals surface area (Å²) < 4.78 is 16.5. The van der Waals surface area contributed by atoms with Crippen LogP contribution in [-0.4, -0.2) is 61.7 Å². The highest BCUT2D eigenvalue weighted by Gasteiger charge is 2.47. The van der Waals surface area contributed by atoms with E-state index in [1.807, 2.05) is 0 Å². The molecule has 0 bridgehead atoms. The van der Waals surface area contributed by atoms with Crippen LogP contribution < -0.4 is 16.3 Å². The standard InChI is InChI=1S/C18H24N2O6/c1-9-6-13(10-2-4-19-5-3-10)26-18(23)14(9)17(22)20-11-7-24-16-12(21)8-25-15(11)16/h6,10-12,15-16,19,21H,2-5,7-8H2,1H3,(H,20,22)/t11-,12-,15-,16-/m1/s1. The Morgan fingerprint density at radius 1 is 1.23 bits per heavy atom. The molecule has 3 aliphatic heterocycles. The number of nitrogens with one attached hydrogen (secondary N) is 2. The summed E-state index contributed by atoms with van der Waals surface area (Å²) in [6.45, 7) is 3.97. The zero-order chi connectivity index (χ0) is 18.3. The number of ether oxygens (including phenoxy) is 2. The molecule has 3 saturated heterocycles. The minimum Gasteiger partial charge on any atom is -0.427 e. The van der Waals surface area contributed by atoms with Gasteiger partial charge in [-0.25, -0.2) is 4.79 Å². The molecule has 0 aromatic carbocycles. The van der Waals surface area contributed by atoms with E-state index in [0.717, 1.165) is 25.9 Å². The van der Waals surface area contributed by atoms with Crippen LogP contribution in [0.25, 0.3) is 0 Å². The summed E-state index contributed by atoms with van der Waals surface area (Å²) >= 11 is 0. The van der Waals surface area contributed by atoms with Gasteiger partial charge in [0.05, 0.1) is 19.3 Å². The van der Waals surface area contributed by atoms with E-state index in [1.165, 1.54) is 0 Å². The highest BCUT2D eigenvalue weighted by atomic mass is 16.6. The molecule has 4 rings (SSSR count). The van der Waals surface area contributed by atoms with Crippen LogP contribution >= 0.6 is 0 Å². The first-order valence-corrected chi connectivity index (χ1v) is 9.12. The highest BCUT2D eigenvalue weighted by Crippen LogP contribution is 2.28. The van der Waals surface area contributed by atoms with Gasteiger partial charge in [-0.05, 0) is 44.5 Å². The lowest BCUT2D eigenvalue weighted by atomic mass is 9.94. The maximum Gasteiger partial charge on any atom is 0.349 e. The second-order valence-electron chi connectivity index (χ2n) is 7.26. The zero-order valence-electron chi connectivity index (χ0n) is 14.7. The normalized spacial score (nSPS) is 31.8. The Bertz CT molecular complexity index is 742. The molecule has 3 fully saturated rings. The third-order valence-electron chi connectivity index (χ3n) is 5.48. The van der Waals surface area contributed by atoms with E-state index in [1.54, 1.807) is 13.0 Å². The number of aryl methyl sites for hydroxylation is 1. The van der Waals surface area contributed by atoms with Crippen molar-refractivity contribution in [3.05, 3.63) is 33.4 Å². The highest BCUT2D eigenvalue weighted by molar-refractivity contribution is 5.95. The molecular formula is C18H24N2O6. The van der Waals surface area contributed by atoms with Crippen molar-refractivity contribution >= 4 is 5.91 Å². The van der Waals surface area contributed by atoms with E-state index in [0.29, 0.717) is 11.3 Å². The first-order chi connectivity index (χ1) is 12.5. The number of aliphatic hydroxyl groups excluding tert-OH is 1. The first kappa shape index (κ1) is 17.7. The smallest absolute Gasteiger partial charge is 0.349 e. The number of hydrogen-bond donors (Lipinski definition) is 3. The van der Waals surface area contributed by atoms with Crippen LogP contribution in [-0.2, 0) is 9.47 Å². The van der Waals surface area contributed by atoms with Crippen molar-refractivity contribution in [2.75, 3.05) is 26.3 Å². The summed E-state index contributed by atoms with van der Waals surface area (Å²) in [5.41, 5.74) is 0.0127. The van der Waals surface area contributed by atoms with Gasteiger partial charge in [0.25, 0.3) is 5.91 Å². The predicted octanol–water partition coefficient (Wildman–Crippen LogP) is -0.328. The quantitative estimate of drug-likeness (QED) is 0.674. The first-order valence-electron chi connectivity index (χ1n) is 9.12. The summed E-state index contributed by atoms with van der Waals surface area (Å²) in [6, 6.07) is 1.41. The number of carbonyl (C=O) groups excluding carboxylic acids is 1. The topological polar surface area (TPSA) is 110 Å². The van der Waals surface area contributed by atoms with Crippen molar-refractivity contribution in [3.63, 3.8) is 0 Å². The van der Waals surface area contributed by atoms with Crippen LogP contribution in [0.3, 0.4) is 0 Å². The van der Waals surface area contributed by atoms with Crippen molar-refractivity contribution in [2.24, 2.45) is 0 Å². The van der Waals surface area contributed by atoms with Gasteiger partial charge in [0.1, 0.15) is 29.6 Å². The Morgan fingerprint density at radius 2 is 1.96 bits per heavy atom. The van der Waals surface area contributed by atoms with Gasteiger partial charge in [0, 0.05) is 5.92 Å². The summed E-state index contributed by atoms with van der Waals surface area (Å²) in [6.07, 6.45) is 0.319. The van der Waals surface area contributed by atoms with Crippen LogP contribution in [0, 0.1) is 6.92 Å². The molecule has 4 atom stereocenters. The molecule has 3 N–H and O–H groups in total. The molecule has 0 unspecified atom stereocenters. The molecule has 3 aliphatic rings. The number of fused-ring (bicyclic) bond motifs is 1. The summed E-state index contributed by atoms with van der Waals surface area (Å²) in [7, 11) is 0. The van der Waals surface area contributed by atoms with E-state index in [4.69, 9.17) is 13.9 Å². The molecule has 4 heterocycles. The van der Waals surface area contributed by atoms with Crippen LogP contribution in [0.5, 0.6) is 0 Å². The van der Waals surface area contributed by atoms with E-state index in [-0.39, 0.29) is 24.7 Å². The zero-order valence-corrected chi connectivity index (χ0v) is 14.7. The van der Waals surface area contributed by atoms with Gasteiger partial charge in [-0.1, -0.05) is 0 Å². The van der Waals surface area contributed by atoms with Gasteiger partial charge in [-0.2, -0.15) is 0 Å². The van der Waals surface area contributed by atoms with Crippen molar-refractivity contribution in [1.82, 2.24) is 10.6 Å².